The first-order valence-corrected chi connectivity index (χ1v) is 15.8. The molecule has 0 spiro atoms. The van der Waals surface area contributed by atoms with Gasteiger partial charge >= 0.3 is 0 Å². The molecule has 0 bridgehead atoms. The Morgan fingerprint density at radius 1 is 0.884 bits per heavy atom. The number of methoxy groups -OCH3 is 1. The number of hydrogen-bond donors (Lipinski definition) is 2. The van der Waals surface area contributed by atoms with Gasteiger partial charge in [-0.25, -0.2) is 4.39 Å². The summed E-state index contributed by atoms with van der Waals surface area (Å²) in [4.78, 5) is 2.34. The molecule has 1 aliphatic heterocycles. The lowest BCUT2D eigenvalue weighted by atomic mass is 10.0. The van der Waals surface area contributed by atoms with Gasteiger partial charge in [0.1, 0.15) is 11.6 Å². The van der Waals surface area contributed by atoms with E-state index in [4.69, 9.17) is 10.5 Å². The molecule has 0 saturated carbocycles. The molecule has 234 valence electrons. The van der Waals surface area contributed by atoms with E-state index >= 15 is 0 Å². The third-order valence-corrected chi connectivity index (χ3v) is 7.53. The van der Waals surface area contributed by atoms with Gasteiger partial charge in [-0.15, -0.1) is 0 Å². The third-order valence-electron chi connectivity index (χ3n) is 7.53. The first-order valence-electron chi connectivity index (χ1n) is 15.8. The number of likely N-dealkylation sites (tertiary alicyclic amines) is 1. The first-order chi connectivity index (χ1) is 20.8. The number of aryl methyl sites for hydroxylation is 2. The fourth-order valence-electron chi connectivity index (χ4n) is 5.08. The van der Waals surface area contributed by atoms with E-state index in [1.807, 2.05) is 50.2 Å². The summed E-state index contributed by atoms with van der Waals surface area (Å²) < 4.78 is 18.8. The van der Waals surface area contributed by atoms with Crippen LogP contribution in [0.2, 0.25) is 0 Å². The van der Waals surface area contributed by atoms with Crippen LogP contribution in [0.1, 0.15) is 74.6 Å². The lowest BCUT2D eigenvalue weighted by Gasteiger charge is -2.19. The molecule has 0 amide bonds. The fraction of sp³-hybridized carbons (Fsp3) is 0.421. The van der Waals surface area contributed by atoms with Crippen LogP contribution in [0.25, 0.3) is 5.57 Å². The molecule has 0 aromatic heterocycles. The van der Waals surface area contributed by atoms with Gasteiger partial charge in [-0.2, -0.15) is 0 Å². The van der Waals surface area contributed by atoms with Gasteiger partial charge in [-0.05, 0) is 117 Å². The van der Waals surface area contributed by atoms with Gasteiger partial charge in [0.15, 0.2) is 0 Å². The van der Waals surface area contributed by atoms with E-state index in [-0.39, 0.29) is 11.9 Å². The Morgan fingerprint density at radius 3 is 2.09 bits per heavy atom. The average molecular weight is 589 g/mol. The van der Waals surface area contributed by atoms with E-state index in [0.29, 0.717) is 12.8 Å². The van der Waals surface area contributed by atoms with Crippen molar-refractivity contribution in [3.05, 3.63) is 120 Å². The molecule has 0 radical (unpaired) electrons. The van der Waals surface area contributed by atoms with Crippen LogP contribution in [-0.4, -0.2) is 42.9 Å². The highest BCUT2D eigenvalue weighted by Crippen LogP contribution is 2.22. The third kappa shape index (κ3) is 14.1. The standard InChI is InChI=1S/C21H26FNO.C15H21NO.C2H6/c22-21-6-2-1-5-19(21)12-11-17-7-9-18(10-8-17)15-20(24)16-23-13-3-4-14-23;1-12(6-4-5-7-13(2)16)14-8-10-15(17-3)11-9-14;1-2/h1-2,5-10,20,24H,3-4,11-16H2;8-11H,1-2,4-7,16H2,3H3;1-2H3. The van der Waals surface area contributed by atoms with Crippen molar-refractivity contribution < 1.29 is 14.2 Å². The molecule has 1 aliphatic rings. The lowest BCUT2D eigenvalue weighted by molar-refractivity contribution is 0.125. The number of ether oxygens (including phenoxy) is 1. The molecule has 3 N–H and O–H groups in total. The minimum absolute atomic E-state index is 0.126. The van der Waals surface area contributed by atoms with Crippen molar-refractivity contribution in [2.24, 2.45) is 5.73 Å². The second-order valence-corrected chi connectivity index (χ2v) is 11.0. The Hall–Kier alpha value is -3.41. The number of benzene rings is 3. The minimum atomic E-state index is -0.299. The van der Waals surface area contributed by atoms with Crippen LogP contribution >= 0.6 is 0 Å². The van der Waals surface area contributed by atoms with Gasteiger partial charge in [0.25, 0.3) is 0 Å². The van der Waals surface area contributed by atoms with E-state index in [1.54, 1.807) is 13.2 Å². The minimum Gasteiger partial charge on any atom is -0.497 e. The summed E-state index contributed by atoms with van der Waals surface area (Å²) in [6, 6.07) is 23.3. The molecule has 1 fully saturated rings. The first kappa shape index (κ1) is 35.8. The van der Waals surface area contributed by atoms with E-state index in [2.05, 4.69) is 42.3 Å². The van der Waals surface area contributed by atoms with Crippen molar-refractivity contribution in [1.29, 1.82) is 0 Å². The van der Waals surface area contributed by atoms with Crippen molar-refractivity contribution in [2.75, 3.05) is 26.7 Å². The van der Waals surface area contributed by atoms with Crippen molar-refractivity contribution >= 4 is 5.57 Å². The topological polar surface area (TPSA) is 58.7 Å². The quantitative estimate of drug-likeness (QED) is 0.186. The summed E-state index contributed by atoms with van der Waals surface area (Å²) in [5, 5.41) is 10.2. The zero-order valence-electron chi connectivity index (χ0n) is 26.7. The fourth-order valence-corrected chi connectivity index (χ4v) is 5.08. The summed E-state index contributed by atoms with van der Waals surface area (Å²) in [6.45, 7) is 14.8. The average Bonchev–Trinajstić information content (AvgIpc) is 3.54. The number of β-amino-alcohol motifs (C(OH)–C–C–N with tert-alkyl or cyclic N) is 1. The highest BCUT2D eigenvalue weighted by Gasteiger charge is 2.16. The Balaban J connectivity index is 0.000000300. The van der Waals surface area contributed by atoms with Crippen molar-refractivity contribution in [2.45, 2.75) is 77.7 Å². The van der Waals surface area contributed by atoms with Gasteiger partial charge in [0, 0.05) is 12.2 Å². The molecule has 0 aliphatic carbocycles. The molecule has 43 heavy (non-hydrogen) atoms. The van der Waals surface area contributed by atoms with Crippen molar-refractivity contribution in [3.8, 4) is 5.75 Å². The number of aliphatic hydroxyl groups excluding tert-OH is 1. The maximum Gasteiger partial charge on any atom is 0.126 e. The molecule has 1 saturated heterocycles. The predicted molar refractivity (Wildman–Crippen MR) is 181 cm³/mol. The van der Waals surface area contributed by atoms with Gasteiger partial charge in [0.05, 0.1) is 13.2 Å². The molecule has 3 aromatic carbocycles. The maximum atomic E-state index is 13.6. The van der Waals surface area contributed by atoms with E-state index in [9.17, 15) is 9.50 Å². The second kappa shape index (κ2) is 20.5. The Kier molecular flexibility index (Phi) is 17.0. The zero-order valence-corrected chi connectivity index (χ0v) is 26.7. The van der Waals surface area contributed by atoms with Gasteiger partial charge in [0.2, 0.25) is 0 Å². The highest BCUT2D eigenvalue weighted by molar-refractivity contribution is 5.63. The van der Waals surface area contributed by atoms with Gasteiger partial charge in [-0.1, -0.05) is 81.6 Å². The number of rotatable bonds is 14. The van der Waals surface area contributed by atoms with Crippen LogP contribution in [0.4, 0.5) is 4.39 Å². The van der Waals surface area contributed by atoms with Crippen LogP contribution in [0.5, 0.6) is 5.75 Å². The molecular formula is C38H53FN2O2. The van der Waals surface area contributed by atoms with E-state index in [1.165, 1.54) is 30.0 Å². The zero-order chi connectivity index (χ0) is 31.5. The number of hydrogen-bond acceptors (Lipinski definition) is 4. The SMILES string of the molecule is C=C(N)CCCCC(=C)c1ccc(OC)cc1.CC.OC(Cc1ccc(CCc2ccccc2F)cc1)CN1CCCC1. The Labute approximate surface area is 260 Å². The number of allylic oxidation sites excluding steroid dienone is 2. The second-order valence-electron chi connectivity index (χ2n) is 11.0. The van der Waals surface area contributed by atoms with Crippen LogP contribution in [-0.2, 0) is 19.3 Å². The van der Waals surface area contributed by atoms with Crippen molar-refractivity contribution in [1.82, 2.24) is 4.90 Å². The maximum absolute atomic E-state index is 13.6. The lowest BCUT2D eigenvalue weighted by Crippen LogP contribution is -2.31. The normalized spacial score (nSPS) is 13.2. The van der Waals surface area contributed by atoms with Gasteiger partial charge in [-0.3, -0.25) is 0 Å². The largest absolute Gasteiger partial charge is 0.497 e. The van der Waals surface area contributed by atoms with E-state index in [0.717, 1.165) is 79.9 Å². The summed E-state index contributed by atoms with van der Waals surface area (Å²) in [5.41, 5.74) is 11.8. The summed E-state index contributed by atoms with van der Waals surface area (Å²) in [6.07, 6.45) is 8.52. The van der Waals surface area contributed by atoms with Crippen molar-refractivity contribution in [3.63, 3.8) is 0 Å². The molecule has 1 unspecified atom stereocenters. The molecule has 1 atom stereocenters. The smallest absolute Gasteiger partial charge is 0.126 e. The summed E-state index contributed by atoms with van der Waals surface area (Å²) >= 11 is 0. The highest BCUT2D eigenvalue weighted by atomic mass is 19.1. The van der Waals surface area contributed by atoms with Crippen LogP contribution < -0.4 is 10.5 Å². The van der Waals surface area contributed by atoms with Crippen LogP contribution in [0.3, 0.4) is 0 Å². The molecule has 4 rings (SSSR count). The van der Waals surface area contributed by atoms with Crippen LogP contribution in [0.15, 0.2) is 91.7 Å². The summed E-state index contributed by atoms with van der Waals surface area (Å²) in [7, 11) is 1.67. The number of halogens is 1. The molecule has 3 aromatic rings. The van der Waals surface area contributed by atoms with Gasteiger partial charge < -0.3 is 20.5 Å². The number of unbranched alkanes of at least 4 members (excludes halogenated alkanes) is 1. The Bertz CT molecular complexity index is 1200. The monoisotopic (exact) mass is 588 g/mol. The van der Waals surface area contributed by atoms with Crippen LogP contribution in [0, 0.1) is 5.82 Å². The Morgan fingerprint density at radius 2 is 1.49 bits per heavy atom. The molecule has 1 heterocycles. The number of aliphatic hydroxyl groups is 1. The molecule has 4 nitrogen and oxygen atoms in total. The molecule has 5 heteroatoms. The van der Waals surface area contributed by atoms with E-state index < -0.39 is 0 Å². The molecular weight excluding hydrogens is 535 g/mol. The predicted octanol–water partition coefficient (Wildman–Crippen LogP) is 8.38. The number of nitrogens with zero attached hydrogens (tertiary/aromatic N) is 1. The summed E-state index contributed by atoms with van der Waals surface area (Å²) in [5.74, 6) is 0.750. The number of nitrogens with two attached hydrogens (primary N) is 1.